The summed E-state index contributed by atoms with van der Waals surface area (Å²) in [4.78, 5) is 11.4. The molecule has 1 aliphatic rings. The van der Waals surface area contributed by atoms with Crippen molar-refractivity contribution in [3.05, 3.63) is 29.8 Å². The predicted molar refractivity (Wildman–Crippen MR) is 80.8 cm³/mol. The number of benzene rings is 1. The van der Waals surface area contributed by atoms with Gasteiger partial charge in [-0.1, -0.05) is 25.1 Å². The molecular weight excluding hydrogens is 306 g/mol. The largest absolute Gasteiger partial charge is 0.481 e. The van der Waals surface area contributed by atoms with E-state index in [2.05, 4.69) is 0 Å². The summed E-state index contributed by atoms with van der Waals surface area (Å²) in [7, 11) is -2.22. The maximum absolute atomic E-state index is 12.9. The lowest BCUT2D eigenvalue weighted by Crippen LogP contribution is -2.45. The highest BCUT2D eigenvalue weighted by molar-refractivity contribution is 7.89. The van der Waals surface area contributed by atoms with Gasteiger partial charge in [0.1, 0.15) is 0 Å². The number of carboxylic acids is 1. The highest BCUT2D eigenvalue weighted by Gasteiger charge is 2.36. The first-order valence-corrected chi connectivity index (χ1v) is 8.60. The molecule has 2 rings (SSSR count). The summed E-state index contributed by atoms with van der Waals surface area (Å²) in [5, 5.41) is 9.21. The zero-order chi connectivity index (χ0) is 16.3. The molecular formula is C15H21NO5S. The number of sulfonamides is 1. The summed E-state index contributed by atoms with van der Waals surface area (Å²) in [5.41, 5.74) is 0.579. The SMILES string of the molecule is COCc1ccccc1S(=O)(=O)N1CC(C)CC(C(=O)O)C1. The molecule has 1 heterocycles. The molecule has 7 heteroatoms. The number of carbonyl (C=O) groups is 1. The zero-order valence-corrected chi connectivity index (χ0v) is 13.5. The van der Waals surface area contributed by atoms with E-state index in [4.69, 9.17) is 4.74 Å². The number of nitrogens with zero attached hydrogens (tertiary/aromatic N) is 1. The Labute approximate surface area is 130 Å². The molecule has 0 amide bonds. The lowest BCUT2D eigenvalue weighted by atomic mass is 9.92. The van der Waals surface area contributed by atoms with Crippen LogP contribution >= 0.6 is 0 Å². The van der Waals surface area contributed by atoms with Crippen molar-refractivity contribution >= 4 is 16.0 Å². The summed E-state index contributed by atoms with van der Waals surface area (Å²) in [6, 6.07) is 6.66. The minimum absolute atomic E-state index is 0.0132. The maximum Gasteiger partial charge on any atom is 0.307 e. The average Bonchev–Trinajstić information content (AvgIpc) is 2.47. The highest BCUT2D eigenvalue weighted by Crippen LogP contribution is 2.28. The zero-order valence-electron chi connectivity index (χ0n) is 12.7. The predicted octanol–water partition coefficient (Wildman–Crippen LogP) is 1.56. The van der Waals surface area contributed by atoms with Gasteiger partial charge >= 0.3 is 5.97 Å². The van der Waals surface area contributed by atoms with Gasteiger partial charge < -0.3 is 9.84 Å². The summed E-state index contributed by atoms with van der Waals surface area (Å²) < 4.78 is 32.1. The third kappa shape index (κ3) is 3.48. The van der Waals surface area contributed by atoms with Gasteiger partial charge in [0.15, 0.2) is 0 Å². The Hall–Kier alpha value is -1.44. The number of piperidine rings is 1. The average molecular weight is 327 g/mol. The number of ether oxygens (including phenoxy) is 1. The van der Waals surface area contributed by atoms with Crippen molar-refractivity contribution in [2.75, 3.05) is 20.2 Å². The number of aliphatic carboxylic acids is 1. The first kappa shape index (κ1) is 16.9. The van der Waals surface area contributed by atoms with Crippen molar-refractivity contribution in [2.24, 2.45) is 11.8 Å². The lowest BCUT2D eigenvalue weighted by molar-refractivity contribution is -0.143. The molecule has 1 aromatic rings. The highest BCUT2D eigenvalue weighted by atomic mass is 32.2. The third-order valence-corrected chi connectivity index (χ3v) is 5.80. The number of rotatable bonds is 5. The molecule has 6 nitrogen and oxygen atoms in total. The molecule has 0 radical (unpaired) electrons. The monoisotopic (exact) mass is 327 g/mol. The topological polar surface area (TPSA) is 83.9 Å². The first-order chi connectivity index (χ1) is 10.4. The van der Waals surface area contributed by atoms with E-state index in [1.165, 1.54) is 11.4 Å². The van der Waals surface area contributed by atoms with Crippen LogP contribution in [0.2, 0.25) is 0 Å². The fraction of sp³-hybridized carbons (Fsp3) is 0.533. The van der Waals surface area contributed by atoms with Gasteiger partial charge in [-0.2, -0.15) is 4.31 Å². The summed E-state index contributed by atoms with van der Waals surface area (Å²) >= 11 is 0. The minimum atomic E-state index is -3.72. The van der Waals surface area contributed by atoms with Crippen molar-refractivity contribution in [2.45, 2.75) is 24.8 Å². The van der Waals surface area contributed by atoms with Gasteiger partial charge in [0.2, 0.25) is 10.0 Å². The van der Waals surface area contributed by atoms with Crippen LogP contribution in [0.25, 0.3) is 0 Å². The minimum Gasteiger partial charge on any atom is -0.481 e. The molecule has 122 valence electrons. The van der Waals surface area contributed by atoms with Crippen LogP contribution in [0, 0.1) is 11.8 Å². The van der Waals surface area contributed by atoms with Gasteiger partial charge in [0.05, 0.1) is 17.4 Å². The van der Waals surface area contributed by atoms with E-state index in [1.54, 1.807) is 24.3 Å². The van der Waals surface area contributed by atoms with E-state index in [0.717, 1.165) is 0 Å². The van der Waals surface area contributed by atoms with Crippen LogP contribution in [-0.2, 0) is 26.2 Å². The van der Waals surface area contributed by atoms with Gasteiger partial charge in [0, 0.05) is 20.2 Å². The van der Waals surface area contributed by atoms with Crippen LogP contribution in [-0.4, -0.2) is 44.0 Å². The molecule has 22 heavy (non-hydrogen) atoms. The molecule has 2 unspecified atom stereocenters. The summed E-state index contributed by atoms with van der Waals surface area (Å²) in [5.74, 6) is -1.59. The Morgan fingerprint density at radius 2 is 2.05 bits per heavy atom. The smallest absolute Gasteiger partial charge is 0.307 e. The van der Waals surface area contributed by atoms with E-state index in [9.17, 15) is 18.3 Å². The molecule has 1 saturated heterocycles. The van der Waals surface area contributed by atoms with Gasteiger partial charge in [-0.3, -0.25) is 4.79 Å². The fourth-order valence-corrected chi connectivity index (χ4v) is 4.66. The molecule has 1 fully saturated rings. The number of hydrogen-bond donors (Lipinski definition) is 1. The van der Waals surface area contributed by atoms with Gasteiger partial charge in [-0.05, 0) is 24.0 Å². The van der Waals surface area contributed by atoms with Gasteiger partial charge in [-0.25, -0.2) is 8.42 Å². The molecule has 1 aliphatic heterocycles. The standard InChI is InChI=1S/C15H21NO5S/c1-11-7-13(15(17)18)9-16(8-11)22(19,20)14-6-4-3-5-12(14)10-21-2/h3-6,11,13H,7-10H2,1-2H3,(H,17,18). The van der Waals surface area contributed by atoms with E-state index in [1.807, 2.05) is 6.92 Å². The second kappa shape index (κ2) is 6.76. The van der Waals surface area contributed by atoms with Crippen LogP contribution in [0.1, 0.15) is 18.9 Å². The molecule has 2 atom stereocenters. The van der Waals surface area contributed by atoms with E-state index in [0.29, 0.717) is 18.5 Å². The Morgan fingerprint density at radius 3 is 2.68 bits per heavy atom. The van der Waals surface area contributed by atoms with E-state index >= 15 is 0 Å². The normalized spacial score (nSPS) is 23.4. The second-order valence-corrected chi connectivity index (χ2v) is 7.65. The number of carboxylic acid groups (broad SMARTS) is 1. The molecule has 1 N–H and O–H groups in total. The summed E-state index contributed by atoms with van der Waals surface area (Å²) in [6.07, 6.45) is 0.501. The molecule has 0 saturated carbocycles. The maximum atomic E-state index is 12.9. The van der Waals surface area contributed by atoms with Crippen LogP contribution in [0.3, 0.4) is 0 Å². The first-order valence-electron chi connectivity index (χ1n) is 7.16. The second-order valence-electron chi connectivity index (χ2n) is 5.74. The van der Waals surface area contributed by atoms with Crippen molar-refractivity contribution in [1.82, 2.24) is 4.31 Å². The third-order valence-electron chi connectivity index (χ3n) is 3.87. The molecule has 0 aromatic heterocycles. The van der Waals surface area contributed by atoms with E-state index in [-0.39, 0.29) is 24.0 Å². The Kier molecular flexibility index (Phi) is 5.20. The van der Waals surface area contributed by atoms with Crippen molar-refractivity contribution in [3.8, 4) is 0 Å². The van der Waals surface area contributed by atoms with Crippen LogP contribution < -0.4 is 0 Å². The Bertz CT molecular complexity index is 643. The van der Waals surface area contributed by atoms with E-state index < -0.39 is 21.9 Å². The molecule has 0 spiro atoms. The fourth-order valence-electron chi connectivity index (χ4n) is 2.85. The molecule has 0 bridgehead atoms. The van der Waals surface area contributed by atoms with Gasteiger partial charge in [-0.15, -0.1) is 0 Å². The van der Waals surface area contributed by atoms with Gasteiger partial charge in [0.25, 0.3) is 0 Å². The van der Waals surface area contributed by atoms with Crippen molar-refractivity contribution in [3.63, 3.8) is 0 Å². The molecule has 1 aromatic carbocycles. The van der Waals surface area contributed by atoms with Crippen molar-refractivity contribution < 1.29 is 23.1 Å². The lowest BCUT2D eigenvalue weighted by Gasteiger charge is -2.34. The van der Waals surface area contributed by atoms with Crippen LogP contribution in [0.15, 0.2) is 29.2 Å². The van der Waals surface area contributed by atoms with Crippen molar-refractivity contribution in [1.29, 1.82) is 0 Å². The quantitative estimate of drug-likeness (QED) is 0.887. The number of hydrogen-bond acceptors (Lipinski definition) is 4. The Morgan fingerprint density at radius 1 is 1.36 bits per heavy atom. The molecule has 0 aliphatic carbocycles. The Balaban J connectivity index is 2.35. The summed E-state index contributed by atoms with van der Waals surface area (Å²) in [6.45, 7) is 2.43. The van der Waals surface area contributed by atoms with Crippen LogP contribution in [0.4, 0.5) is 0 Å². The van der Waals surface area contributed by atoms with Crippen LogP contribution in [0.5, 0.6) is 0 Å². The number of methoxy groups -OCH3 is 1.